The molecule has 3 rings (SSSR count). The van der Waals surface area contributed by atoms with Crippen molar-refractivity contribution in [2.24, 2.45) is 0 Å². The predicted molar refractivity (Wildman–Crippen MR) is 103 cm³/mol. The Balaban J connectivity index is 1.66. The molecule has 2 aliphatic rings. The van der Waals surface area contributed by atoms with E-state index in [-0.39, 0.29) is 23.5 Å². The number of sulfone groups is 1. The molecule has 0 aromatic heterocycles. The number of amides is 1. The molecule has 7 heteroatoms. The number of ether oxygens (including phenoxy) is 1. The molecule has 1 heterocycles. The monoisotopic (exact) mass is 399 g/mol. The zero-order chi connectivity index (χ0) is 18.7. The second-order valence-electron chi connectivity index (χ2n) is 7.39. The van der Waals surface area contributed by atoms with Crippen molar-refractivity contribution in [1.82, 2.24) is 5.32 Å². The number of hydrogen-bond donors (Lipinski definition) is 1. The predicted octanol–water partition coefficient (Wildman–Crippen LogP) is 3.46. The van der Waals surface area contributed by atoms with Gasteiger partial charge in [0.2, 0.25) is 0 Å². The summed E-state index contributed by atoms with van der Waals surface area (Å²) in [7, 11) is -3.02. The lowest BCUT2D eigenvalue weighted by Crippen LogP contribution is -2.43. The summed E-state index contributed by atoms with van der Waals surface area (Å²) in [6.45, 7) is 1.69. The van der Waals surface area contributed by atoms with Gasteiger partial charge in [0.1, 0.15) is 5.75 Å². The standard InChI is InChI=1S/C19H26ClNO4S/c1-13(19(22)21-16-9-10-26(23,24)12-16)25-18-8-7-15(20)11-17(18)14-5-3-2-4-6-14/h7-8,11,13-14,16H,2-6,9-10,12H2,1H3,(H,21,22)/t13-,16+/m0/s1. The third-order valence-electron chi connectivity index (χ3n) is 5.27. The molecule has 1 saturated heterocycles. The van der Waals surface area contributed by atoms with Gasteiger partial charge < -0.3 is 10.1 Å². The summed E-state index contributed by atoms with van der Waals surface area (Å²) < 4.78 is 29.0. The van der Waals surface area contributed by atoms with Gasteiger partial charge in [-0.15, -0.1) is 0 Å². The van der Waals surface area contributed by atoms with Crippen molar-refractivity contribution in [1.29, 1.82) is 0 Å². The maximum Gasteiger partial charge on any atom is 0.261 e. The third kappa shape index (κ3) is 4.92. The average molecular weight is 400 g/mol. The maximum absolute atomic E-state index is 12.4. The molecule has 1 aliphatic carbocycles. The van der Waals surface area contributed by atoms with Crippen LogP contribution < -0.4 is 10.1 Å². The summed E-state index contributed by atoms with van der Waals surface area (Å²) in [4.78, 5) is 12.4. The van der Waals surface area contributed by atoms with Crippen molar-refractivity contribution in [3.05, 3.63) is 28.8 Å². The first-order chi connectivity index (χ1) is 12.3. The van der Waals surface area contributed by atoms with Gasteiger partial charge in [-0.3, -0.25) is 4.79 Å². The van der Waals surface area contributed by atoms with Gasteiger partial charge in [-0.2, -0.15) is 0 Å². The fourth-order valence-electron chi connectivity index (χ4n) is 3.83. The molecular formula is C19H26ClNO4S. The van der Waals surface area contributed by atoms with Crippen LogP contribution in [0, 0.1) is 0 Å². The van der Waals surface area contributed by atoms with Crippen LogP contribution in [0.25, 0.3) is 0 Å². The maximum atomic E-state index is 12.4. The molecule has 144 valence electrons. The first kappa shape index (κ1) is 19.5. The highest BCUT2D eigenvalue weighted by atomic mass is 35.5. The zero-order valence-electron chi connectivity index (χ0n) is 15.0. The molecule has 5 nitrogen and oxygen atoms in total. The van der Waals surface area contributed by atoms with Gasteiger partial charge >= 0.3 is 0 Å². The number of halogens is 1. The van der Waals surface area contributed by atoms with Crippen LogP contribution in [-0.4, -0.2) is 38.0 Å². The van der Waals surface area contributed by atoms with Gasteiger partial charge in [-0.05, 0) is 55.9 Å². The molecule has 0 bridgehead atoms. The summed E-state index contributed by atoms with van der Waals surface area (Å²) in [6, 6.07) is 5.23. The fraction of sp³-hybridized carbons (Fsp3) is 0.632. The summed E-state index contributed by atoms with van der Waals surface area (Å²) in [5.41, 5.74) is 1.07. The van der Waals surface area contributed by atoms with Crippen LogP contribution in [0.2, 0.25) is 5.02 Å². The Labute approximate surface area is 160 Å². The van der Waals surface area contributed by atoms with E-state index in [1.807, 2.05) is 12.1 Å². The van der Waals surface area contributed by atoms with E-state index in [1.165, 1.54) is 19.3 Å². The summed E-state index contributed by atoms with van der Waals surface area (Å²) >= 11 is 6.18. The van der Waals surface area contributed by atoms with Crippen LogP contribution in [0.15, 0.2) is 18.2 Å². The van der Waals surface area contributed by atoms with E-state index >= 15 is 0 Å². The van der Waals surface area contributed by atoms with E-state index in [9.17, 15) is 13.2 Å². The van der Waals surface area contributed by atoms with E-state index < -0.39 is 15.9 Å². The largest absolute Gasteiger partial charge is 0.481 e. The summed E-state index contributed by atoms with van der Waals surface area (Å²) in [6.07, 6.45) is 5.65. The van der Waals surface area contributed by atoms with E-state index in [0.29, 0.717) is 23.1 Å². The first-order valence-corrected chi connectivity index (χ1v) is 11.5. The molecule has 1 aromatic rings. The minimum atomic E-state index is -3.02. The van der Waals surface area contributed by atoms with Gasteiger partial charge in [-0.25, -0.2) is 8.42 Å². The van der Waals surface area contributed by atoms with Crippen LogP contribution >= 0.6 is 11.6 Å². The molecule has 0 unspecified atom stereocenters. The number of nitrogens with one attached hydrogen (secondary N) is 1. The Morgan fingerprint density at radius 3 is 2.62 bits per heavy atom. The van der Waals surface area contributed by atoms with Crippen molar-refractivity contribution in [3.8, 4) is 5.75 Å². The number of carbonyl (C=O) groups excluding carboxylic acids is 1. The molecule has 1 aromatic carbocycles. The molecule has 1 aliphatic heterocycles. The smallest absolute Gasteiger partial charge is 0.261 e. The Morgan fingerprint density at radius 1 is 1.23 bits per heavy atom. The Hall–Kier alpha value is -1.27. The summed E-state index contributed by atoms with van der Waals surface area (Å²) in [5, 5.41) is 3.47. The number of carbonyl (C=O) groups is 1. The SMILES string of the molecule is C[C@H](Oc1ccc(Cl)cc1C1CCCCC1)C(=O)N[C@@H]1CCS(=O)(=O)C1. The quantitative estimate of drug-likeness (QED) is 0.822. The minimum absolute atomic E-state index is 0.0136. The molecule has 2 fully saturated rings. The van der Waals surface area contributed by atoms with Crippen molar-refractivity contribution < 1.29 is 17.9 Å². The number of hydrogen-bond acceptors (Lipinski definition) is 4. The molecule has 1 amide bonds. The molecule has 1 saturated carbocycles. The van der Waals surface area contributed by atoms with Gasteiger partial charge in [0.05, 0.1) is 11.5 Å². The van der Waals surface area contributed by atoms with Crippen LogP contribution in [-0.2, 0) is 14.6 Å². The zero-order valence-corrected chi connectivity index (χ0v) is 16.6. The number of rotatable bonds is 5. The Kier molecular flexibility index (Phi) is 6.13. The second-order valence-corrected chi connectivity index (χ2v) is 10.1. The van der Waals surface area contributed by atoms with Gasteiger partial charge in [0.15, 0.2) is 15.9 Å². The van der Waals surface area contributed by atoms with E-state index in [4.69, 9.17) is 16.3 Å². The molecular weight excluding hydrogens is 374 g/mol. The Morgan fingerprint density at radius 2 is 1.96 bits per heavy atom. The van der Waals surface area contributed by atoms with Gasteiger partial charge in [0.25, 0.3) is 5.91 Å². The van der Waals surface area contributed by atoms with E-state index in [0.717, 1.165) is 18.4 Å². The van der Waals surface area contributed by atoms with Crippen LogP contribution in [0.3, 0.4) is 0 Å². The molecule has 2 atom stereocenters. The van der Waals surface area contributed by atoms with Gasteiger partial charge in [0, 0.05) is 11.1 Å². The molecule has 0 radical (unpaired) electrons. The van der Waals surface area contributed by atoms with Crippen molar-refractivity contribution in [3.63, 3.8) is 0 Å². The fourth-order valence-corrected chi connectivity index (χ4v) is 5.68. The molecule has 1 N–H and O–H groups in total. The molecule has 26 heavy (non-hydrogen) atoms. The van der Waals surface area contributed by atoms with Crippen LogP contribution in [0.4, 0.5) is 0 Å². The summed E-state index contributed by atoms with van der Waals surface area (Å²) in [5.74, 6) is 0.975. The van der Waals surface area contributed by atoms with E-state index in [1.54, 1.807) is 13.0 Å². The minimum Gasteiger partial charge on any atom is -0.481 e. The van der Waals surface area contributed by atoms with Crippen LogP contribution in [0.1, 0.15) is 56.9 Å². The highest BCUT2D eigenvalue weighted by Crippen LogP contribution is 2.39. The topological polar surface area (TPSA) is 72.5 Å². The lowest BCUT2D eigenvalue weighted by atomic mass is 9.83. The molecule has 0 spiro atoms. The third-order valence-corrected chi connectivity index (χ3v) is 7.27. The van der Waals surface area contributed by atoms with E-state index in [2.05, 4.69) is 5.32 Å². The highest BCUT2D eigenvalue weighted by Gasteiger charge is 2.30. The Bertz CT molecular complexity index is 759. The number of benzene rings is 1. The average Bonchev–Trinajstić information content (AvgIpc) is 2.95. The van der Waals surface area contributed by atoms with Crippen molar-refractivity contribution >= 4 is 27.3 Å². The second kappa shape index (κ2) is 8.17. The van der Waals surface area contributed by atoms with Crippen molar-refractivity contribution in [2.45, 2.75) is 63.5 Å². The van der Waals surface area contributed by atoms with Crippen LogP contribution in [0.5, 0.6) is 5.75 Å². The van der Waals surface area contributed by atoms with Crippen molar-refractivity contribution in [2.75, 3.05) is 11.5 Å². The van der Waals surface area contributed by atoms with Gasteiger partial charge in [-0.1, -0.05) is 30.9 Å². The lowest BCUT2D eigenvalue weighted by molar-refractivity contribution is -0.127. The highest BCUT2D eigenvalue weighted by molar-refractivity contribution is 7.91. The first-order valence-electron chi connectivity index (χ1n) is 9.31. The normalized spacial score (nSPS) is 24.2. The lowest BCUT2D eigenvalue weighted by Gasteiger charge is -2.26.